The minimum Gasteiger partial charge on any atom is -0.382 e. The molecule has 0 aliphatic carbocycles. The molecular formula is C11H21O5P. The van der Waals surface area contributed by atoms with Crippen LogP contribution in [0.1, 0.15) is 13.3 Å². The first kappa shape index (κ1) is 13.5. The molecule has 6 heteroatoms. The Balaban J connectivity index is 2.24. The quantitative estimate of drug-likeness (QED) is 0.720. The second-order valence-corrected chi connectivity index (χ2v) is 7.90. The van der Waals surface area contributed by atoms with Crippen LogP contribution in [0.5, 0.6) is 0 Å². The summed E-state index contributed by atoms with van der Waals surface area (Å²) in [4.78, 5) is 0. The molecule has 2 fully saturated rings. The highest BCUT2D eigenvalue weighted by Crippen LogP contribution is 2.49. The van der Waals surface area contributed by atoms with E-state index in [1.54, 1.807) is 20.4 Å². The van der Waals surface area contributed by atoms with E-state index in [-0.39, 0.29) is 18.3 Å². The van der Waals surface area contributed by atoms with Gasteiger partial charge in [0.2, 0.25) is 0 Å². The van der Waals surface area contributed by atoms with E-state index in [0.717, 1.165) is 0 Å². The number of fused-ring (bicyclic) bond motifs is 2. The molecule has 2 saturated heterocycles. The molecule has 100 valence electrons. The highest BCUT2D eigenvalue weighted by molar-refractivity contribution is 7.57. The Morgan fingerprint density at radius 3 is 2.76 bits per heavy atom. The third kappa shape index (κ3) is 2.59. The molecule has 2 aliphatic heterocycles. The van der Waals surface area contributed by atoms with Gasteiger partial charge in [0.15, 0.2) is 7.37 Å². The van der Waals surface area contributed by atoms with Crippen molar-refractivity contribution in [1.29, 1.82) is 0 Å². The Morgan fingerprint density at radius 1 is 1.47 bits per heavy atom. The molecule has 0 aromatic rings. The van der Waals surface area contributed by atoms with Gasteiger partial charge >= 0.3 is 0 Å². The van der Waals surface area contributed by atoms with Gasteiger partial charge in [-0.3, -0.25) is 4.57 Å². The Bertz CT molecular complexity index is 324. The van der Waals surface area contributed by atoms with Crippen LogP contribution in [0.2, 0.25) is 0 Å². The summed E-state index contributed by atoms with van der Waals surface area (Å²) >= 11 is 0. The molecule has 5 nitrogen and oxygen atoms in total. The molecule has 2 heterocycles. The zero-order valence-corrected chi connectivity index (χ0v) is 11.7. The summed E-state index contributed by atoms with van der Waals surface area (Å²) in [5.74, 6) is 0. The van der Waals surface area contributed by atoms with E-state index in [1.165, 1.54) is 0 Å². The highest BCUT2D eigenvalue weighted by Gasteiger charge is 2.58. The number of methoxy groups -OCH3 is 1. The minimum absolute atomic E-state index is 0.0517. The lowest BCUT2D eigenvalue weighted by Gasteiger charge is -2.38. The molecule has 4 atom stereocenters. The van der Waals surface area contributed by atoms with Crippen LogP contribution in [0, 0.1) is 0 Å². The molecule has 0 radical (unpaired) electrons. The van der Waals surface area contributed by atoms with E-state index in [2.05, 4.69) is 0 Å². The van der Waals surface area contributed by atoms with Gasteiger partial charge in [0.25, 0.3) is 0 Å². The first-order valence-electron chi connectivity index (χ1n) is 5.90. The predicted octanol–water partition coefficient (Wildman–Crippen LogP) is 1.50. The summed E-state index contributed by atoms with van der Waals surface area (Å²) in [7, 11) is -0.938. The Hall–Kier alpha value is 0.0700. The van der Waals surface area contributed by atoms with Crippen LogP contribution in [0.4, 0.5) is 0 Å². The van der Waals surface area contributed by atoms with Crippen molar-refractivity contribution in [3.05, 3.63) is 0 Å². The SMILES string of the molecule is COC[C@@]12CCOC([C@H](C)O1)[C@@H]2OP(C)(C)=O. The maximum atomic E-state index is 11.9. The fourth-order valence-corrected chi connectivity index (χ4v) is 3.56. The molecule has 0 aromatic heterocycles. The number of rotatable bonds is 4. The van der Waals surface area contributed by atoms with Crippen LogP contribution in [-0.2, 0) is 23.3 Å². The van der Waals surface area contributed by atoms with Crippen molar-refractivity contribution in [2.24, 2.45) is 0 Å². The third-order valence-electron chi connectivity index (χ3n) is 3.29. The van der Waals surface area contributed by atoms with Crippen LogP contribution in [0.25, 0.3) is 0 Å². The molecule has 1 unspecified atom stereocenters. The van der Waals surface area contributed by atoms with E-state index in [1.807, 2.05) is 6.92 Å². The molecular weight excluding hydrogens is 243 g/mol. The van der Waals surface area contributed by atoms with Crippen molar-refractivity contribution < 1.29 is 23.3 Å². The van der Waals surface area contributed by atoms with Crippen molar-refractivity contribution in [2.45, 2.75) is 37.3 Å². The lowest BCUT2D eigenvalue weighted by Crippen LogP contribution is -2.52. The van der Waals surface area contributed by atoms with Gasteiger partial charge in [0, 0.05) is 26.9 Å². The molecule has 0 aromatic carbocycles. The lowest BCUT2D eigenvalue weighted by molar-refractivity contribution is -0.135. The highest BCUT2D eigenvalue weighted by atomic mass is 31.2. The topological polar surface area (TPSA) is 54.0 Å². The summed E-state index contributed by atoms with van der Waals surface area (Å²) in [6.45, 7) is 6.27. The summed E-state index contributed by atoms with van der Waals surface area (Å²) in [6, 6.07) is 0. The van der Waals surface area contributed by atoms with E-state index in [9.17, 15) is 4.57 Å². The van der Waals surface area contributed by atoms with Gasteiger partial charge < -0.3 is 18.7 Å². The summed E-state index contributed by atoms with van der Waals surface area (Å²) in [5, 5.41) is 0. The van der Waals surface area contributed by atoms with Crippen molar-refractivity contribution in [3.63, 3.8) is 0 Å². The fraction of sp³-hybridized carbons (Fsp3) is 1.00. The summed E-state index contributed by atoms with van der Waals surface area (Å²) in [6.07, 6.45) is 0.218. The monoisotopic (exact) mass is 264 g/mol. The van der Waals surface area contributed by atoms with E-state index < -0.39 is 13.0 Å². The Morgan fingerprint density at radius 2 is 2.18 bits per heavy atom. The second kappa shape index (κ2) is 4.63. The predicted molar refractivity (Wildman–Crippen MR) is 63.8 cm³/mol. The first-order chi connectivity index (χ1) is 7.88. The van der Waals surface area contributed by atoms with Crippen LogP contribution in [0.15, 0.2) is 0 Å². The number of hydrogen-bond donors (Lipinski definition) is 0. The Kier molecular flexibility index (Phi) is 3.68. The van der Waals surface area contributed by atoms with Crippen molar-refractivity contribution in [3.8, 4) is 0 Å². The zero-order chi connectivity index (χ0) is 12.7. The molecule has 0 spiro atoms. The van der Waals surface area contributed by atoms with Gasteiger partial charge in [-0.25, -0.2) is 0 Å². The van der Waals surface area contributed by atoms with Gasteiger partial charge in [0.05, 0.1) is 19.3 Å². The van der Waals surface area contributed by atoms with Crippen molar-refractivity contribution >= 4 is 7.37 Å². The standard InChI is InChI=1S/C11H21O5P/c1-8-9-10(16-17(3,4)12)11(15-8,7-13-2)5-6-14-9/h8-10H,5-7H2,1-4H3/t8-,9?,10-,11+/m0/s1. The van der Waals surface area contributed by atoms with Crippen LogP contribution in [0.3, 0.4) is 0 Å². The Labute approximate surface area is 102 Å². The molecule has 2 bridgehead atoms. The van der Waals surface area contributed by atoms with Gasteiger partial charge in [0.1, 0.15) is 17.8 Å². The minimum atomic E-state index is -2.58. The molecule has 0 amide bonds. The second-order valence-electron chi connectivity index (χ2n) is 5.18. The van der Waals surface area contributed by atoms with Crippen LogP contribution >= 0.6 is 7.37 Å². The van der Waals surface area contributed by atoms with Crippen molar-refractivity contribution in [1.82, 2.24) is 0 Å². The fourth-order valence-electron chi connectivity index (χ4n) is 2.70. The van der Waals surface area contributed by atoms with Gasteiger partial charge in [-0.15, -0.1) is 0 Å². The number of hydrogen-bond acceptors (Lipinski definition) is 5. The smallest absolute Gasteiger partial charge is 0.197 e. The summed E-state index contributed by atoms with van der Waals surface area (Å²) < 4.78 is 34.5. The molecule has 17 heavy (non-hydrogen) atoms. The van der Waals surface area contributed by atoms with E-state index >= 15 is 0 Å². The average molecular weight is 264 g/mol. The first-order valence-corrected chi connectivity index (χ1v) is 8.42. The van der Waals surface area contributed by atoms with E-state index in [4.69, 9.17) is 18.7 Å². The van der Waals surface area contributed by atoms with Gasteiger partial charge in [-0.05, 0) is 6.92 Å². The maximum absolute atomic E-state index is 11.9. The van der Waals surface area contributed by atoms with Gasteiger partial charge in [-0.2, -0.15) is 0 Å². The average Bonchev–Trinajstić information content (AvgIpc) is 2.35. The summed E-state index contributed by atoms with van der Waals surface area (Å²) in [5.41, 5.74) is -0.501. The normalized spacial score (nSPS) is 41.8. The third-order valence-corrected chi connectivity index (χ3v) is 4.03. The maximum Gasteiger partial charge on any atom is 0.197 e. The number of ether oxygens (including phenoxy) is 3. The van der Waals surface area contributed by atoms with Crippen LogP contribution in [-0.4, -0.2) is 57.6 Å². The largest absolute Gasteiger partial charge is 0.382 e. The van der Waals surface area contributed by atoms with Crippen LogP contribution < -0.4 is 0 Å². The van der Waals surface area contributed by atoms with Gasteiger partial charge in [-0.1, -0.05) is 0 Å². The van der Waals surface area contributed by atoms with E-state index in [0.29, 0.717) is 19.6 Å². The molecule has 2 rings (SSSR count). The lowest BCUT2D eigenvalue weighted by atomic mass is 9.90. The molecule has 0 saturated carbocycles. The zero-order valence-electron chi connectivity index (χ0n) is 10.8. The molecule has 2 aliphatic rings. The molecule has 0 N–H and O–H groups in total. The van der Waals surface area contributed by atoms with Crippen molar-refractivity contribution in [2.75, 3.05) is 33.7 Å².